The number of nitrogens with zero attached hydrogens (tertiary/aromatic N) is 2. The fourth-order valence-corrected chi connectivity index (χ4v) is 2.60. The molecule has 20 heavy (non-hydrogen) atoms. The number of hydrogen-bond donors (Lipinski definition) is 1. The topological polar surface area (TPSA) is 28.2 Å². The molecule has 0 saturated heterocycles. The van der Waals surface area contributed by atoms with Crippen LogP contribution in [0.5, 0.6) is 0 Å². The molecule has 0 fully saturated rings. The summed E-state index contributed by atoms with van der Waals surface area (Å²) >= 11 is 1.73. The molecule has 1 N–H and O–H groups in total. The van der Waals surface area contributed by atoms with Gasteiger partial charge in [0.1, 0.15) is 0 Å². The molecule has 1 aromatic heterocycles. The number of aryl methyl sites for hydroxylation is 1. The second-order valence-corrected chi connectivity index (χ2v) is 7.20. The summed E-state index contributed by atoms with van der Waals surface area (Å²) < 4.78 is 0. The Kier molecular flexibility index (Phi) is 4.45. The van der Waals surface area contributed by atoms with E-state index >= 15 is 0 Å². The van der Waals surface area contributed by atoms with Crippen LogP contribution in [0.3, 0.4) is 0 Å². The summed E-state index contributed by atoms with van der Waals surface area (Å²) in [6, 6.07) is 8.51. The Balaban J connectivity index is 2.06. The van der Waals surface area contributed by atoms with Gasteiger partial charge in [-0.05, 0) is 39.8 Å². The number of nitrogens with one attached hydrogen (secondary N) is 1. The van der Waals surface area contributed by atoms with Crippen LogP contribution in [0.15, 0.2) is 30.5 Å². The lowest BCUT2D eigenvalue weighted by atomic mass is 10.1. The molecule has 0 bridgehead atoms. The highest BCUT2D eigenvalue weighted by Gasteiger charge is 2.12. The zero-order valence-corrected chi connectivity index (χ0v) is 13.7. The number of benzene rings is 1. The SMILES string of the molecule is Cc1ccc(N(C)c2ncc(CNC(C)(C)C)s2)cc1. The molecule has 0 aliphatic rings. The molecule has 2 rings (SSSR count). The molecule has 3 nitrogen and oxygen atoms in total. The number of rotatable bonds is 4. The van der Waals surface area contributed by atoms with Gasteiger partial charge in [-0.15, -0.1) is 11.3 Å². The molecule has 1 aromatic carbocycles. The number of hydrogen-bond acceptors (Lipinski definition) is 4. The molecule has 0 aliphatic carbocycles. The number of aromatic nitrogens is 1. The normalized spacial score (nSPS) is 11.7. The monoisotopic (exact) mass is 289 g/mol. The van der Waals surface area contributed by atoms with Gasteiger partial charge in [-0.3, -0.25) is 0 Å². The minimum absolute atomic E-state index is 0.132. The van der Waals surface area contributed by atoms with Gasteiger partial charge in [-0.1, -0.05) is 17.7 Å². The first-order valence-electron chi connectivity index (χ1n) is 6.85. The molecule has 1 heterocycles. The second kappa shape index (κ2) is 5.94. The molecule has 0 unspecified atom stereocenters. The Hall–Kier alpha value is -1.39. The molecule has 0 radical (unpaired) electrons. The highest BCUT2D eigenvalue weighted by atomic mass is 32.1. The van der Waals surface area contributed by atoms with E-state index in [2.05, 4.69) is 74.2 Å². The highest BCUT2D eigenvalue weighted by Crippen LogP contribution is 2.28. The smallest absolute Gasteiger partial charge is 0.189 e. The number of thiazole rings is 1. The van der Waals surface area contributed by atoms with Gasteiger partial charge in [-0.2, -0.15) is 0 Å². The fraction of sp³-hybridized carbons (Fsp3) is 0.438. The summed E-state index contributed by atoms with van der Waals surface area (Å²) in [5.74, 6) is 0. The third kappa shape index (κ3) is 4.05. The van der Waals surface area contributed by atoms with Crippen LogP contribution in [0.2, 0.25) is 0 Å². The first kappa shape index (κ1) is 15.0. The van der Waals surface area contributed by atoms with Crippen molar-refractivity contribution in [2.24, 2.45) is 0 Å². The minimum atomic E-state index is 0.132. The maximum absolute atomic E-state index is 4.52. The number of anilines is 2. The van der Waals surface area contributed by atoms with E-state index in [0.29, 0.717) is 0 Å². The van der Waals surface area contributed by atoms with Crippen molar-refractivity contribution in [3.05, 3.63) is 40.9 Å². The maximum atomic E-state index is 4.52. The average molecular weight is 289 g/mol. The van der Waals surface area contributed by atoms with Crippen molar-refractivity contribution in [1.82, 2.24) is 10.3 Å². The Morgan fingerprint density at radius 2 is 1.85 bits per heavy atom. The molecule has 0 amide bonds. The minimum Gasteiger partial charge on any atom is -0.321 e. The summed E-state index contributed by atoms with van der Waals surface area (Å²) in [4.78, 5) is 7.91. The van der Waals surface area contributed by atoms with Crippen molar-refractivity contribution in [2.45, 2.75) is 39.8 Å². The van der Waals surface area contributed by atoms with Crippen LogP contribution in [-0.4, -0.2) is 17.6 Å². The lowest BCUT2D eigenvalue weighted by molar-refractivity contribution is 0.426. The zero-order chi connectivity index (χ0) is 14.8. The lowest BCUT2D eigenvalue weighted by Crippen LogP contribution is -2.34. The predicted octanol–water partition coefficient (Wildman–Crippen LogP) is 4.11. The van der Waals surface area contributed by atoms with Crippen LogP contribution in [-0.2, 0) is 6.54 Å². The molecular weight excluding hydrogens is 266 g/mol. The van der Waals surface area contributed by atoms with E-state index in [1.165, 1.54) is 16.1 Å². The lowest BCUT2D eigenvalue weighted by Gasteiger charge is -2.19. The van der Waals surface area contributed by atoms with E-state index < -0.39 is 0 Å². The Morgan fingerprint density at radius 1 is 1.20 bits per heavy atom. The molecule has 0 saturated carbocycles. The van der Waals surface area contributed by atoms with Gasteiger partial charge in [0, 0.05) is 35.9 Å². The van der Waals surface area contributed by atoms with Gasteiger partial charge >= 0.3 is 0 Å². The van der Waals surface area contributed by atoms with E-state index in [1.807, 2.05) is 6.20 Å². The maximum Gasteiger partial charge on any atom is 0.189 e. The van der Waals surface area contributed by atoms with Crippen molar-refractivity contribution >= 4 is 22.2 Å². The summed E-state index contributed by atoms with van der Waals surface area (Å²) in [6.07, 6.45) is 1.96. The van der Waals surface area contributed by atoms with Crippen molar-refractivity contribution < 1.29 is 0 Å². The van der Waals surface area contributed by atoms with Gasteiger partial charge in [0.15, 0.2) is 5.13 Å². The van der Waals surface area contributed by atoms with Gasteiger partial charge in [0.2, 0.25) is 0 Å². The van der Waals surface area contributed by atoms with Crippen LogP contribution >= 0.6 is 11.3 Å². The first-order chi connectivity index (χ1) is 9.35. The molecule has 4 heteroatoms. The van der Waals surface area contributed by atoms with Crippen LogP contribution in [0.1, 0.15) is 31.2 Å². The van der Waals surface area contributed by atoms with E-state index in [4.69, 9.17) is 0 Å². The van der Waals surface area contributed by atoms with Gasteiger partial charge in [-0.25, -0.2) is 4.98 Å². The summed E-state index contributed by atoms with van der Waals surface area (Å²) in [5, 5.41) is 4.52. The van der Waals surface area contributed by atoms with E-state index in [0.717, 1.165) is 11.7 Å². The summed E-state index contributed by atoms with van der Waals surface area (Å²) in [6.45, 7) is 9.49. The Morgan fingerprint density at radius 3 is 2.45 bits per heavy atom. The third-order valence-electron chi connectivity index (χ3n) is 3.04. The average Bonchev–Trinajstić information content (AvgIpc) is 2.84. The largest absolute Gasteiger partial charge is 0.321 e. The van der Waals surface area contributed by atoms with Gasteiger partial charge in [0.05, 0.1) is 0 Å². The molecule has 108 valence electrons. The fourth-order valence-electron chi connectivity index (χ4n) is 1.77. The summed E-state index contributed by atoms with van der Waals surface area (Å²) in [5.41, 5.74) is 2.57. The van der Waals surface area contributed by atoms with Crippen LogP contribution in [0, 0.1) is 6.92 Å². The zero-order valence-electron chi connectivity index (χ0n) is 12.9. The van der Waals surface area contributed by atoms with Crippen molar-refractivity contribution in [2.75, 3.05) is 11.9 Å². The van der Waals surface area contributed by atoms with Crippen molar-refractivity contribution in [3.63, 3.8) is 0 Å². The molecule has 0 aliphatic heterocycles. The predicted molar refractivity (Wildman–Crippen MR) is 87.9 cm³/mol. The highest BCUT2D eigenvalue weighted by molar-refractivity contribution is 7.15. The van der Waals surface area contributed by atoms with Gasteiger partial charge in [0.25, 0.3) is 0 Å². The van der Waals surface area contributed by atoms with Crippen molar-refractivity contribution in [1.29, 1.82) is 0 Å². The Bertz CT molecular complexity index is 552. The molecular formula is C16H23N3S. The van der Waals surface area contributed by atoms with E-state index in [9.17, 15) is 0 Å². The van der Waals surface area contributed by atoms with E-state index in [-0.39, 0.29) is 5.54 Å². The second-order valence-electron chi connectivity index (χ2n) is 6.11. The van der Waals surface area contributed by atoms with Crippen molar-refractivity contribution in [3.8, 4) is 0 Å². The standard InChI is InChI=1S/C16H23N3S/c1-12-6-8-13(9-7-12)19(5)15-17-10-14(20-15)11-18-16(2,3)4/h6-10,18H,11H2,1-5H3. The molecule has 2 aromatic rings. The van der Waals surface area contributed by atoms with Crippen LogP contribution in [0.4, 0.5) is 10.8 Å². The third-order valence-corrected chi connectivity index (χ3v) is 4.12. The molecule has 0 spiro atoms. The van der Waals surface area contributed by atoms with Gasteiger partial charge < -0.3 is 10.2 Å². The van der Waals surface area contributed by atoms with E-state index in [1.54, 1.807) is 11.3 Å². The molecule has 0 atom stereocenters. The van der Waals surface area contributed by atoms with Crippen LogP contribution < -0.4 is 10.2 Å². The summed E-state index contributed by atoms with van der Waals surface area (Å²) in [7, 11) is 2.06. The Labute approximate surface area is 125 Å². The quantitative estimate of drug-likeness (QED) is 0.918. The van der Waals surface area contributed by atoms with Crippen LogP contribution in [0.25, 0.3) is 0 Å². The first-order valence-corrected chi connectivity index (χ1v) is 7.67.